The Hall–Kier alpha value is -2.80. The van der Waals surface area contributed by atoms with Gasteiger partial charge in [0.15, 0.2) is 6.10 Å². The van der Waals surface area contributed by atoms with Gasteiger partial charge < -0.3 is 18.6 Å². The molecule has 0 aliphatic heterocycles. The monoisotopic (exact) mass is 460 g/mol. The van der Waals surface area contributed by atoms with Gasteiger partial charge in [-0.2, -0.15) is 0 Å². The Morgan fingerprint density at radius 2 is 1.97 bits per heavy atom. The molecule has 152 valence electrons. The van der Waals surface area contributed by atoms with Crippen molar-refractivity contribution in [2.24, 2.45) is 0 Å². The Labute approximate surface area is 176 Å². The van der Waals surface area contributed by atoms with E-state index in [1.54, 1.807) is 37.3 Å². The summed E-state index contributed by atoms with van der Waals surface area (Å²) in [6, 6.07) is 12.0. The Morgan fingerprint density at radius 3 is 2.72 bits per heavy atom. The number of fused-ring (bicyclic) bond motifs is 1. The van der Waals surface area contributed by atoms with Gasteiger partial charge in [0.25, 0.3) is 0 Å². The summed E-state index contributed by atoms with van der Waals surface area (Å²) in [6.45, 7) is 4.00. The van der Waals surface area contributed by atoms with E-state index in [1.165, 1.54) is 6.26 Å². The highest BCUT2D eigenvalue weighted by molar-refractivity contribution is 9.10. The minimum atomic E-state index is -0.769. The molecular weight excluding hydrogens is 440 g/mol. The summed E-state index contributed by atoms with van der Waals surface area (Å²) in [7, 11) is 0. The lowest BCUT2D eigenvalue weighted by atomic mass is 10.2. The molecule has 0 saturated heterocycles. The van der Waals surface area contributed by atoms with E-state index >= 15 is 0 Å². The standard InChI is InChI=1S/C22H21BrO6/c1-3-4-11-26-22(25)14(2)28-15-9-10-16-19(12-15)27-13-20(21(16)24)29-18-8-6-5-7-17(18)23/h5-10,12-14H,3-4,11H2,1-2H3. The van der Waals surface area contributed by atoms with Crippen molar-refractivity contribution in [1.29, 1.82) is 0 Å². The molecule has 0 fully saturated rings. The van der Waals surface area contributed by atoms with Crippen molar-refractivity contribution >= 4 is 32.9 Å². The van der Waals surface area contributed by atoms with Crippen LogP contribution in [-0.4, -0.2) is 18.7 Å². The molecule has 1 aromatic heterocycles. The lowest BCUT2D eigenvalue weighted by Crippen LogP contribution is -2.26. The first-order valence-corrected chi connectivity index (χ1v) is 10.1. The summed E-state index contributed by atoms with van der Waals surface area (Å²) in [5.74, 6) is 0.553. The van der Waals surface area contributed by atoms with Gasteiger partial charge in [0, 0.05) is 6.07 Å². The van der Waals surface area contributed by atoms with Crippen LogP contribution in [-0.2, 0) is 9.53 Å². The van der Waals surface area contributed by atoms with Crippen LogP contribution in [0.25, 0.3) is 11.0 Å². The minimum absolute atomic E-state index is 0.0749. The normalized spacial score (nSPS) is 11.8. The quantitative estimate of drug-likeness (QED) is 0.328. The summed E-state index contributed by atoms with van der Waals surface area (Å²) < 4.78 is 22.7. The molecule has 0 spiro atoms. The predicted octanol–water partition coefficient (Wildman–Crippen LogP) is 5.46. The van der Waals surface area contributed by atoms with Crippen LogP contribution in [0.1, 0.15) is 26.7 Å². The summed E-state index contributed by atoms with van der Waals surface area (Å²) in [5.41, 5.74) is 0.0269. The Bertz CT molecular complexity index is 1060. The van der Waals surface area contributed by atoms with E-state index in [9.17, 15) is 9.59 Å². The second kappa shape index (κ2) is 9.60. The van der Waals surface area contributed by atoms with Crippen LogP contribution in [0, 0.1) is 0 Å². The number of hydrogen-bond donors (Lipinski definition) is 0. The highest BCUT2D eigenvalue weighted by atomic mass is 79.9. The number of hydrogen-bond acceptors (Lipinski definition) is 6. The van der Waals surface area contributed by atoms with E-state index in [2.05, 4.69) is 15.9 Å². The summed E-state index contributed by atoms with van der Waals surface area (Å²) >= 11 is 3.38. The second-order valence-corrected chi connectivity index (χ2v) is 7.25. The van der Waals surface area contributed by atoms with Crippen molar-refractivity contribution in [3.63, 3.8) is 0 Å². The van der Waals surface area contributed by atoms with E-state index in [0.29, 0.717) is 29.1 Å². The fraction of sp³-hybridized carbons (Fsp3) is 0.273. The lowest BCUT2D eigenvalue weighted by Gasteiger charge is -2.14. The van der Waals surface area contributed by atoms with Crippen molar-refractivity contribution in [3.8, 4) is 17.2 Å². The number of ether oxygens (including phenoxy) is 3. The SMILES string of the molecule is CCCCOC(=O)C(C)Oc1ccc2c(=O)c(Oc3ccccc3Br)coc2c1. The molecule has 0 radical (unpaired) electrons. The van der Waals surface area contributed by atoms with Crippen LogP contribution in [0.5, 0.6) is 17.2 Å². The number of esters is 1. The molecule has 0 aliphatic carbocycles. The summed E-state index contributed by atoms with van der Waals surface area (Å²) in [5, 5.41) is 0.347. The van der Waals surface area contributed by atoms with Crippen LogP contribution in [0.15, 0.2) is 62.4 Å². The lowest BCUT2D eigenvalue weighted by molar-refractivity contribution is -0.151. The smallest absolute Gasteiger partial charge is 0.347 e. The number of rotatable bonds is 8. The van der Waals surface area contributed by atoms with Crippen molar-refractivity contribution in [2.75, 3.05) is 6.61 Å². The highest BCUT2D eigenvalue weighted by Gasteiger charge is 2.17. The molecular formula is C22H21BrO6. The average Bonchev–Trinajstić information content (AvgIpc) is 2.71. The largest absolute Gasteiger partial charge is 0.479 e. The Balaban J connectivity index is 1.77. The maximum atomic E-state index is 12.7. The number of carbonyl (C=O) groups excluding carboxylic acids is 1. The number of para-hydroxylation sites is 1. The molecule has 2 aromatic carbocycles. The molecule has 7 heteroatoms. The van der Waals surface area contributed by atoms with Gasteiger partial charge in [-0.05, 0) is 53.5 Å². The Kier molecular flexibility index (Phi) is 6.93. The third-order valence-corrected chi connectivity index (χ3v) is 4.81. The number of carbonyl (C=O) groups is 1. The maximum absolute atomic E-state index is 12.7. The summed E-state index contributed by atoms with van der Waals surface area (Å²) in [4.78, 5) is 24.7. The third kappa shape index (κ3) is 5.17. The fourth-order valence-electron chi connectivity index (χ4n) is 2.57. The molecule has 0 aliphatic rings. The molecule has 29 heavy (non-hydrogen) atoms. The zero-order valence-electron chi connectivity index (χ0n) is 16.1. The average molecular weight is 461 g/mol. The van der Waals surface area contributed by atoms with Gasteiger partial charge in [0.2, 0.25) is 11.2 Å². The topological polar surface area (TPSA) is 75.0 Å². The van der Waals surface area contributed by atoms with Gasteiger partial charge in [0.05, 0.1) is 16.5 Å². The molecule has 1 heterocycles. The number of benzene rings is 2. The highest BCUT2D eigenvalue weighted by Crippen LogP contribution is 2.29. The van der Waals surface area contributed by atoms with Crippen LogP contribution in [0.3, 0.4) is 0 Å². The van der Waals surface area contributed by atoms with E-state index in [1.807, 2.05) is 19.1 Å². The zero-order chi connectivity index (χ0) is 20.8. The third-order valence-electron chi connectivity index (χ3n) is 4.16. The minimum Gasteiger partial charge on any atom is -0.479 e. The van der Waals surface area contributed by atoms with Gasteiger partial charge in [-0.3, -0.25) is 4.79 Å². The molecule has 3 rings (SSSR count). The number of halogens is 1. The molecule has 0 bridgehead atoms. The van der Waals surface area contributed by atoms with Crippen LogP contribution in [0.2, 0.25) is 0 Å². The van der Waals surface area contributed by atoms with Crippen LogP contribution < -0.4 is 14.9 Å². The van der Waals surface area contributed by atoms with Gasteiger partial charge in [-0.1, -0.05) is 25.5 Å². The number of unbranched alkanes of at least 4 members (excludes halogenated alkanes) is 1. The van der Waals surface area contributed by atoms with Gasteiger partial charge in [0.1, 0.15) is 23.3 Å². The van der Waals surface area contributed by atoms with Gasteiger partial charge >= 0.3 is 5.97 Å². The van der Waals surface area contributed by atoms with Gasteiger partial charge in [-0.15, -0.1) is 0 Å². The van der Waals surface area contributed by atoms with Crippen molar-refractivity contribution in [3.05, 3.63) is 63.4 Å². The van der Waals surface area contributed by atoms with E-state index < -0.39 is 12.1 Å². The molecule has 6 nitrogen and oxygen atoms in total. The molecule has 1 unspecified atom stereocenters. The van der Waals surface area contributed by atoms with Gasteiger partial charge in [-0.25, -0.2) is 4.79 Å². The first-order chi connectivity index (χ1) is 14.0. The van der Waals surface area contributed by atoms with E-state index in [4.69, 9.17) is 18.6 Å². The molecule has 0 N–H and O–H groups in total. The molecule has 1 atom stereocenters. The van der Waals surface area contributed by atoms with Crippen LogP contribution >= 0.6 is 15.9 Å². The fourth-order valence-corrected chi connectivity index (χ4v) is 2.93. The van der Waals surface area contributed by atoms with Crippen molar-refractivity contribution in [1.82, 2.24) is 0 Å². The first kappa shape index (κ1) is 20.9. The molecule has 0 amide bonds. The second-order valence-electron chi connectivity index (χ2n) is 6.40. The first-order valence-electron chi connectivity index (χ1n) is 9.31. The molecule has 0 saturated carbocycles. The van der Waals surface area contributed by atoms with Crippen LogP contribution in [0.4, 0.5) is 0 Å². The Morgan fingerprint density at radius 1 is 1.17 bits per heavy atom. The maximum Gasteiger partial charge on any atom is 0.347 e. The van der Waals surface area contributed by atoms with E-state index in [-0.39, 0.29) is 11.2 Å². The summed E-state index contributed by atoms with van der Waals surface area (Å²) in [6.07, 6.45) is 2.24. The molecule has 3 aromatic rings. The van der Waals surface area contributed by atoms with E-state index in [0.717, 1.165) is 17.3 Å². The van der Waals surface area contributed by atoms with Crippen molar-refractivity contribution < 1.29 is 23.4 Å². The predicted molar refractivity (Wildman–Crippen MR) is 113 cm³/mol. The van der Waals surface area contributed by atoms with Crippen molar-refractivity contribution in [2.45, 2.75) is 32.8 Å². The zero-order valence-corrected chi connectivity index (χ0v) is 17.7.